The van der Waals surface area contributed by atoms with E-state index in [0.29, 0.717) is 41.3 Å². The Hall–Kier alpha value is -4.39. The van der Waals surface area contributed by atoms with Crippen LogP contribution in [-0.4, -0.2) is 31.2 Å². The van der Waals surface area contributed by atoms with Crippen molar-refractivity contribution < 1.29 is 18.0 Å². The smallest absolute Gasteiger partial charge is 0.324 e. The molecule has 0 fully saturated rings. The lowest BCUT2D eigenvalue weighted by Gasteiger charge is -2.13. The zero-order valence-corrected chi connectivity index (χ0v) is 20.3. The lowest BCUT2D eigenvalue weighted by Crippen LogP contribution is -2.20. The molecule has 0 unspecified atom stereocenters. The standard InChI is InChI=1S/C23H21ClF3N9O/c1-3-18-31-20(34-21(32-18)33-19-10-12(2)35-36-19)28-13-4-6-14(7-5-13)29-22(37)30-15-8-9-17(24)16(11-15)23(25,26)27/h4-11H,3H2,1-2H3,(H2,29,30,37)(H3,28,31,32,33,34,35,36). The molecular formula is C23H21ClF3N9O. The molecule has 10 nitrogen and oxygen atoms in total. The molecule has 2 heterocycles. The van der Waals surface area contributed by atoms with Crippen LogP contribution < -0.4 is 21.3 Å². The Bertz CT molecular complexity index is 1410. The van der Waals surface area contributed by atoms with Gasteiger partial charge < -0.3 is 21.3 Å². The van der Waals surface area contributed by atoms with Gasteiger partial charge in [0.2, 0.25) is 11.9 Å². The second-order valence-corrected chi connectivity index (χ2v) is 8.19. The summed E-state index contributed by atoms with van der Waals surface area (Å²) in [7, 11) is 0. The summed E-state index contributed by atoms with van der Waals surface area (Å²) in [4.78, 5) is 25.4. The van der Waals surface area contributed by atoms with Crippen LogP contribution in [0.25, 0.3) is 0 Å². The first-order valence-corrected chi connectivity index (χ1v) is 11.3. The predicted molar refractivity (Wildman–Crippen MR) is 135 cm³/mol. The number of rotatable bonds is 7. The number of nitrogens with one attached hydrogen (secondary N) is 5. The first-order valence-electron chi connectivity index (χ1n) is 10.9. The van der Waals surface area contributed by atoms with E-state index in [1.807, 2.05) is 19.9 Å². The Kier molecular flexibility index (Phi) is 7.43. The Morgan fingerprint density at radius 3 is 2.16 bits per heavy atom. The Balaban J connectivity index is 1.40. The molecule has 0 aliphatic heterocycles. The van der Waals surface area contributed by atoms with Gasteiger partial charge in [0.15, 0.2) is 5.82 Å². The number of anilines is 6. The molecule has 0 saturated heterocycles. The van der Waals surface area contributed by atoms with Gasteiger partial charge in [0, 0.05) is 35.2 Å². The van der Waals surface area contributed by atoms with Crippen molar-refractivity contribution in [1.29, 1.82) is 0 Å². The molecule has 4 aromatic rings. The molecule has 0 aliphatic carbocycles. The minimum absolute atomic E-state index is 0.0523. The maximum Gasteiger partial charge on any atom is 0.417 e. The van der Waals surface area contributed by atoms with E-state index < -0.39 is 22.8 Å². The monoisotopic (exact) mass is 531 g/mol. The van der Waals surface area contributed by atoms with Gasteiger partial charge in [-0.15, -0.1) is 0 Å². The number of carbonyl (C=O) groups is 1. The molecular weight excluding hydrogens is 511 g/mol. The van der Waals surface area contributed by atoms with Crippen LogP contribution in [0.15, 0.2) is 48.5 Å². The molecule has 0 aliphatic rings. The van der Waals surface area contributed by atoms with Crippen LogP contribution in [0.5, 0.6) is 0 Å². The van der Waals surface area contributed by atoms with Gasteiger partial charge in [-0.2, -0.15) is 33.2 Å². The third kappa shape index (κ3) is 6.85. The molecule has 0 radical (unpaired) electrons. The SMILES string of the molecule is CCc1nc(Nc2ccc(NC(=O)Nc3ccc(Cl)c(C(F)(F)F)c3)cc2)nc(Nc2cc(C)[nH]n2)n1. The highest BCUT2D eigenvalue weighted by atomic mass is 35.5. The largest absolute Gasteiger partial charge is 0.417 e. The number of hydrogen-bond acceptors (Lipinski definition) is 7. The van der Waals surface area contributed by atoms with Crippen molar-refractivity contribution in [2.24, 2.45) is 0 Å². The summed E-state index contributed by atoms with van der Waals surface area (Å²) in [5, 5.41) is 17.5. The number of urea groups is 1. The highest BCUT2D eigenvalue weighted by Gasteiger charge is 2.33. The second-order valence-electron chi connectivity index (χ2n) is 7.79. The number of aromatic amines is 1. The zero-order chi connectivity index (χ0) is 26.6. The average Bonchev–Trinajstić information content (AvgIpc) is 3.25. The quantitative estimate of drug-likeness (QED) is 0.190. The topological polar surface area (TPSA) is 133 Å². The van der Waals surface area contributed by atoms with Crippen molar-refractivity contribution in [3.63, 3.8) is 0 Å². The van der Waals surface area contributed by atoms with Crippen molar-refractivity contribution >= 4 is 52.4 Å². The lowest BCUT2D eigenvalue weighted by molar-refractivity contribution is -0.137. The van der Waals surface area contributed by atoms with Crippen molar-refractivity contribution in [3.05, 3.63) is 70.6 Å². The molecule has 0 saturated carbocycles. The van der Waals surface area contributed by atoms with Gasteiger partial charge >= 0.3 is 12.2 Å². The van der Waals surface area contributed by atoms with E-state index in [1.54, 1.807) is 24.3 Å². The Morgan fingerprint density at radius 2 is 1.54 bits per heavy atom. The summed E-state index contributed by atoms with van der Waals surface area (Å²) in [6, 6.07) is 10.8. The highest BCUT2D eigenvalue weighted by molar-refractivity contribution is 6.31. The molecule has 2 amide bonds. The molecule has 14 heteroatoms. The first kappa shape index (κ1) is 25.7. The summed E-state index contributed by atoms with van der Waals surface area (Å²) in [5.41, 5.74) is 0.836. The molecule has 192 valence electrons. The maximum absolute atomic E-state index is 13.0. The van der Waals surface area contributed by atoms with Gasteiger partial charge in [0.1, 0.15) is 5.82 Å². The fraction of sp³-hybridized carbons (Fsp3) is 0.174. The minimum atomic E-state index is -4.64. The number of alkyl halides is 3. The zero-order valence-electron chi connectivity index (χ0n) is 19.5. The van der Waals surface area contributed by atoms with E-state index in [4.69, 9.17) is 11.6 Å². The van der Waals surface area contributed by atoms with Crippen molar-refractivity contribution in [2.45, 2.75) is 26.4 Å². The molecule has 2 aromatic heterocycles. The summed E-state index contributed by atoms with van der Waals surface area (Å²) in [5.74, 6) is 1.77. The van der Waals surface area contributed by atoms with Crippen LogP contribution in [0.4, 0.5) is 52.7 Å². The lowest BCUT2D eigenvalue weighted by atomic mass is 10.2. The normalized spacial score (nSPS) is 11.2. The number of carbonyl (C=O) groups excluding carboxylic acids is 1. The summed E-state index contributed by atoms with van der Waals surface area (Å²) in [6.07, 6.45) is -4.05. The number of hydrogen-bond donors (Lipinski definition) is 5. The first-order chi connectivity index (χ1) is 17.6. The molecule has 0 spiro atoms. The maximum atomic E-state index is 13.0. The van der Waals surface area contributed by atoms with Crippen LogP contribution >= 0.6 is 11.6 Å². The number of aryl methyl sites for hydroxylation is 2. The number of amides is 2. The van der Waals surface area contributed by atoms with E-state index >= 15 is 0 Å². The van der Waals surface area contributed by atoms with Crippen molar-refractivity contribution in [1.82, 2.24) is 25.1 Å². The van der Waals surface area contributed by atoms with Gasteiger partial charge in [0.25, 0.3) is 0 Å². The number of benzene rings is 2. The summed E-state index contributed by atoms with van der Waals surface area (Å²) < 4.78 is 39.1. The average molecular weight is 532 g/mol. The van der Waals surface area contributed by atoms with Gasteiger partial charge in [-0.05, 0) is 49.4 Å². The number of nitrogens with zero attached hydrogens (tertiary/aromatic N) is 4. The molecule has 0 bridgehead atoms. The number of H-pyrrole nitrogens is 1. The van der Waals surface area contributed by atoms with Crippen LogP contribution in [0, 0.1) is 6.92 Å². The van der Waals surface area contributed by atoms with Gasteiger partial charge in [-0.1, -0.05) is 18.5 Å². The summed E-state index contributed by atoms with van der Waals surface area (Å²) in [6.45, 7) is 3.79. The fourth-order valence-electron chi connectivity index (χ4n) is 3.17. The van der Waals surface area contributed by atoms with Gasteiger partial charge in [0.05, 0.1) is 10.6 Å². The minimum Gasteiger partial charge on any atom is -0.324 e. The van der Waals surface area contributed by atoms with Crippen LogP contribution in [0.2, 0.25) is 5.02 Å². The molecule has 4 rings (SSSR count). The van der Waals surface area contributed by atoms with Crippen LogP contribution in [-0.2, 0) is 12.6 Å². The van der Waals surface area contributed by atoms with Crippen LogP contribution in [0.1, 0.15) is 24.0 Å². The Morgan fingerprint density at radius 1 is 0.919 bits per heavy atom. The summed E-state index contributed by atoms with van der Waals surface area (Å²) >= 11 is 5.61. The molecule has 0 atom stereocenters. The van der Waals surface area contributed by atoms with E-state index in [2.05, 4.69) is 46.4 Å². The van der Waals surface area contributed by atoms with E-state index in [-0.39, 0.29) is 5.69 Å². The third-order valence-electron chi connectivity index (χ3n) is 4.87. The fourth-order valence-corrected chi connectivity index (χ4v) is 3.39. The molecule has 37 heavy (non-hydrogen) atoms. The number of halogens is 4. The number of aromatic nitrogens is 5. The second kappa shape index (κ2) is 10.7. The van der Waals surface area contributed by atoms with E-state index in [9.17, 15) is 18.0 Å². The van der Waals surface area contributed by atoms with E-state index in [0.717, 1.165) is 17.8 Å². The highest BCUT2D eigenvalue weighted by Crippen LogP contribution is 2.36. The van der Waals surface area contributed by atoms with Crippen molar-refractivity contribution in [3.8, 4) is 0 Å². The van der Waals surface area contributed by atoms with Gasteiger partial charge in [-0.3, -0.25) is 5.10 Å². The Labute approximate surface area is 214 Å². The van der Waals surface area contributed by atoms with E-state index in [1.165, 1.54) is 6.07 Å². The third-order valence-corrected chi connectivity index (χ3v) is 5.20. The predicted octanol–water partition coefficient (Wildman–Crippen LogP) is 6.27. The van der Waals surface area contributed by atoms with Crippen LogP contribution in [0.3, 0.4) is 0 Å². The van der Waals surface area contributed by atoms with Crippen molar-refractivity contribution in [2.75, 3.05) is 21.3 Å². The molecule has 5 N–H and O–H groups in total. The van der Waals surface area contributed by atoms with Gasteiger partial charge in [-0.25, -0.2) is 4.79 Å². The molecule has 2 aromatic carbocycles.